The van der Waals surface area contributed by atoms with E-state index in [0.717, 1.165) is 42.7 Å². The summed E-state index contributed by atoms with van der Waals surface area (Å²) in [4.78, 5) is 28.5. The second kappa shape index (κ2) is 7.74. The molecule has 2 aliphatic rings. The summed E-state index contributed by atoms with van der Waals surface area (Å²) in [6.45, 7) is 7.28. The van der Waals surface area contributed by atoms with Crippen LogP contribution in [0.25, 0.3) is 11.0 Å². The summed E-state index contributed by atoms with van der Waals surface area (Å²) in [5.41, 5.74) is 4.44. The Kier molecular flexibility index (Phi) is 5.29. The van der Waals surface area contributed by atoms with E-state index in [2.05, 4.69) is 22.5 Å². The number of rotatable bonds is 5. The largest absolute Gasteiger partial charge is 0.459 e. The van der Waals surface area contributed by atoms with Gasteiger partial charge in [-0.05, 0) is 44.4 Å². The third-order valence-corrected chi connectivity index (χ3v) is 5.89. The molecule has 29 heavy (non-hydrogen) atoms. The minimum Gasteiger partial charge on any atom is -0.459 e. The lowest BCUT2D eigenvalue weighted by atomic mass is 10.1. The van der Waals surface area contributed by atoms with Crippen LogP contribution >= 0.6 is 0 Å². The summed E-state index contributed by atoms with van der Waals surface area (Å²) in [6, 6.07) is -0.0691. The SMILES string of the molecule is CNc1nc(N[C@H]2CN(C)C[C@@H]2OC(=O)C(C)C)nc2nc3c(c(C)c12)CCC3. The fourth-order valence-corrected chi connectivity index (χ4v) is 4.33. The first-order valence-electron chi connectivity index (χ1n) is 10.4. The van der Waals surface area contributed by atoms with Crippen molar-refractivity contribution in [1.82, 2.24) is 19.9 Å². The molecule has 0 unspecified atom stereocenters. The number of nitrogens with one attached hydrogen (secondary N) is 2. The van der Waals surface area contributed by atoms with Crippen molar-refractivity contribution in [2.24, 2.45) is 5.92 Å². The number of esters is 1. The number of carbonyl (C=O) groups is 1. The van der Waals surface area contributed by atoms with Gasteiger partial charge in [0.05, 0.1) is 17.3 Å². The number of likely N-dealkylation sites (tertiary alicyclic amines) is 1. The molecule has 3 heterocycles. The maximum atomic E-state index is 12.1. The fourth-order valence-electron chi connectivity index (χ4n) is 4.33. The predicted molar refractivity (Wildman–Crippen MR) is 113 cm³/mol. The van der Waals surface area contributed by atoms with E-state index in [-0.39, 0.29) is 24.0 Å². The van der Waals surface area contributed by atoms with E-state index in [0.29, 0.717) is 18.1 Å². The average molecular weight is 399 g/mol. The lowest BCUT2D eigenvalue weighted by molar-refractivity contribution is -0.152. The molecule has 1 saturated heterocycles. The molecule has 0 amide bonds. The highest BCUT2D eigenvalue weighted by molar-refractivity contribution is 5.91. The van der Waals surface area contributed by atoms with Gasteiger partial charge in [-0.15, -0.1) is 0 Å². The van der Waals surface area contributed by atoms with Crippen molar-refractivity contribution in [2.75, 3.05) is 37.8 Å². The fraction of sp³-hybridized carbons (Fsp3) is 0.619. The number of anilines is 2. The Labute approximate surface area is 171 Å². The quantitative estimate of drug-likeness (QED) is 0.741. The van der Waals surface area contributed by atoms with E-state index >= 15 is 0 Å². The van der Waals surface area contributed by atoms with Crippen molar-refractivity contribution in [3.05, 3.63) is 16.8 Å². The van der Waals surface area contributed by atoms with Gasteiger partial charge < -0.3 is 20.3 Å². The summed E-state index contributed by atoms with van der Waals surface area (Å²) in [5.74, 6) is 0.959. The number of hydrogen-bond acceptors (Lipinski definition) is 8. The number of fused-ring (bicyclic) bond motifs is 2. The highest BCUT2D eigenvalue weighted by Crippen LogP contribution is 2.32. The minimum atomic E-state index is -0.234. The monoisotopic (exact) mass is 398 g/mol. The number of likely N-dealkylation sites (N-methyl/N-ethyl adjacent to an activating group) is 1. The Hall–Kier alpha value is -2.48. The number of aryl methyl sites for hydroxylation is 2. The van der Waals surface area contributed by atoms with Gasteiger partial charge in [-0.3, -0.25) is 4.79 Å². The van der Waals surface area contributed by atoms with Crippen LogP contribution in [0.4, 0.5) is 11.8 Å². The smallest absolute Gasteiger partial charge is 0.308 e. The molecule has 2 atom stereocenters. The number of hydrogen-bond donors (Lipinski definition) is 2. The molecule has 8 nitrogen and oxygen atoms in total. The lowest BCUT2D eigenvalue weighted by Crippen LogP contribution is -2.37. The van der Waals surface area contributed by atoms with E-state index in [4.69, 9.17) is 19.7 Å². The molecule has 0 spiro atoms. The van der Waals surface area contributed by atoms with Crippen LogP contribution in [0, 0.1) is 12.8 Å². The molecule has 156 valence electrons. The molecule has 2 aromatic heterocycles. The Morgan fingerprint density at radius 1 is 1.21 bits per heavy atom. The first-order chi connectivity index (χ1) is 13.9. The second-order valence-electron chi connectivity index (χ2n) is 8.46. The second-order valence-corrected chi connectivity index (χ2v) is 8.46. The van der Waals surface area contributed by atoms with Gasteiger partial charge in [0, 0.05) is 25.8 Å². The van der Waals surface area contributed by atoms with Gasteiger partial charge in [-0.2, -0.15) is 9.97 Å². The van der Waals surface area contributed by atoms with Gasteiger partial charge in [-0.1, -0.05) is 13.8 Å². The maximum absolute atomic E-state index is 12.1. The Balaban J connectivity index is 1.65. The van der Waals surface area contributed by atoms with Crippen LogP contribution in [0.3, 0.4) is 0 Å². The van der Waals surface area contributed by atoms with Crippen molar-refractivity contribution in [1.29, 1.82) is 0 Å². The molecular formula is C21H30N6O2. The van der Waals surface area contributed by atoms with Gasteiger partial charge in [0.15, 0.2) is 5.65 Å². The number of pyridine rings is 1. The van der Waals surface area contributed by atoms with Crippen molar-refractivity contribution < 1.29 is 9.53 Å². The Morgan fingerprint density at radius 3 is 2.72 bits per heavy atom. The molecule has 1 aliphatic heterocycles. The number of nitrogens with zero attached hydrogens (tertiary/aromatic N) is 4. The van der Waals surface area contributed by atoms with Crippen LogP contribution in [0.15, 0.2) is 0 Å². The predicted octanol–water partition coefficient (Wildman–Crippen LogP) is 2.16. The molecule has 0 aromatic carbocycles. The summed E-state index contributed by atoms with van der Waals surface area (Å²) >= 11 is 0. The van der Waals surface area contributed by atoms with Crippen molar-refractivity contribution in [3.63, 3.8) is 0 Å². The van der Waals surface area contributed by atoms with Crippen LogP contribution in [-0.2, 0) is 22.4 Å². The molecule has 1 aliphatic carbocycles. The van der Waals surface area contributed by atoms with Crippen LogP contribution in [0.2, 0.25) is 0 Å². The summed E-state index contributed by atoms with van der Waals surface area (Å²) in [7, 11) is 3.89. The first-order valence-corrected chi connectivity index (χ1v) is 10.4. The van der Waals surface area contributed by atoms with E-state index < -0.39 is 0 Å². The third-order valence-electron chi connectivity index (χ3n) is 5.89. The standard InChI is InChI=1S/C21H30N6O2/c1-11(2)20(28)29-16-10-27(5)9-15(16)24-21-25-18(22-4)17-12(3)13-7-6-8-14(13)23-19(17)26-21/h11,15-16H,6-10H2,1-5H3,(H2,22,23,24,25,26)/t15-,16-/m0/s1. The van der Waals surface area contributed by atoms with Crippen molar-refractivity contribution in [3.8, 4) is 0 Å². The zero-order valence-electron chi connectivity index (χ0n) is 17.9. The molecule has 4 rings (SSSR count). The van der Waals surface area contributed by atoms with Gasteiger partial charge in [0.1, 0.15) is 11.9 Å². The Bertz CT molecular complexity index is 945. The molecule has 0 saturated carbocycles. The third kappa shape index (κ3) is 3.73. The van der Waals surface area contributed by atoms with Crippen LogP contribution < -0.4 is 10.6 Å². The minimum absolute atomic E-state index is 0.0691. The van der Waals surface area contributed by atoms with Crippen LogP contribution in [0.1, 0.15) is 37.1 Å². The molecule has 0 radical (unpaired) electrons. The normalized spacial score (nSPS) is 21.6. The number of ether oxygens (including phenoxy) is 1. The maximum Gasteiger partial charge on any atom is 0.308 e. The Morgan fingerprint density at radius 2 is 2.00 bits per heavy atom. The summed E-state index contributed by atoms with van der Waals surface area (Å²) in [5, 5.41) is 7.60. The molecule has 1 fully saturated rings. The van der Waals surface area contributed by atoms with Gasteiger partial charge >= 0.3 is 5.97 Å². The van der Waals surface area contributed by atoms with E-state index in [1.165, 1.54) is 11.1 Å². The molecule has 8 heteroatoms. The molecule has 0 bridgehead atoms. The van der Waals surface area contributed by atoms with E-state index in [1.54, 1.807) is 0 Å². The number of aromatic nitrogens is 3. The van der Waals surface area contributed by atoms with E-state index in [1.807, 2.05) is 27.9 Å². The van der Waals surface area contributed by atoms with Crippen LogP contribution in [-0.4, -0.2) is 65.2 Å². The number of carbonyl (C=O) groups excluding carboxylic acids is 1. The summed E-state index contributed by atoms with van der Waals surface area (Å²) < 4.78 is 5.72. The zero-order valence-corrected chi connectivity index (χ0v) is 17.9. The van der Waals surface area contributed by atoms with Crippen molar-refractivity contribution in [2.45, 2.75) is 52.2 Å². The van der Waals surface area contributed by atoms with E-state index in [9.17, 15) is 4.79 Å². The average Bonchev–Trinajstić information content (AvgIpc) is 3.27. The van der Waals surface area contributed by atoms with Gasteiger partial charge in [-0.25, -0.2) is 4.98 Å². The summed E-state index contributed by atoms with van der Waals surface area (Å²) in [6.07, 6.45) is 2.99. The highest BCUT2D eigenvalue weighted by Gasteiger charge is 2.35. The van der Waals surface area contributed by atoms with Gasteiger partial charge in [0.25, 0.3) is 0 Å². The van der Waals surface area contributed by atoms with Crippen LogP contribution in [0.5, 0.6) is 0 Å². The molecule has 2 aromatic rings. The van der Waals surface area contributed by atoms with Gasteiger partial charge in [0.2, 0.25) is 5.95 Å². The lowest BCUT2D eigenvalue weighted by Gasteiger charge is -2.22. The molecule has 2 N–H and O–H groups in total. The highest BCUT2D eigenvalue weighted by atomic mass is 16.5. The molecular weight excluding hydrogens is 368 g/mol. The van der Waals surface area contributed by atoms with Crippen molar-refractivity contribution >= 4 is 28.8 Å². The topological polar surface area (TPSA) is 92.3 Å². The first kappa shape index (κ1) is 19.8. The zero-order chi connectivity index (χ0) is 20.7.